The molecule has 8 heteroatoms. The summed E-state index contributed by atoms with van der Waals surface area (Å²) in [6.07, 6.45) is -4.48. The van der Waals surface area contributed by atoms with Crippen LogP contribution in [0.25, 0.3) is 0 Å². The van der Waals surface area contributed by atoms with Crippen LogP contribution >= 0.6 is 0 Å². The molecule has 1 aromatic heterocycles. The van der Waals surface area contributed by atoms with E-state index in [1.54, 1.807) is 14.1 Å². The van der Waals surface area contributed by atoms with Gasteiger partial charge in [0.15, 0.2) is 5.69 Å². The smallest absolute Gasteiger partial charge is 0.381 e. The third-order valence-corrected chi connectivity index (χ3v) is 3.71. The highest BCUT2D eigenvalue weighted by Gasteiger charge is 2.54. The molecule has 0 spiro atoms. The minimum atomic E-state index is -4.48. The van der Waals surface area contributed by atoms with Crippen molar-refractivity contribution >= 4 is 11.8 Å². The SMILES string of the molecule is CN(C)c1cc(C(F)(F)F)nc(NC2[C@H]3COC[C@@H]23)n1. The van der Waals surface area contributed by atoms with Gasteiger partial charge in [0.2, 0.25) is 5.95 Å². The van der Waals surface area contributed by atoms with Gasteiger partial charge in [-0.15, -0.1) is 0 Å². The number of anilines is 2. The van der Waals surface area contributed by atoms with Crippen molar-refractivity contribution in [3.63, 3.8) is 0 Å². The van der Waals surface area contributed by atoms with Crippen molar-refractivity contribution in [2.45, 2.75) is 12.2 Å². The Morgan fingerprint density at radius 2 is 1.90 bits per heavy atom. The number of nitrogens with zero attached hydrogens (tertiary/aromatic N) is 3. The lowest BCUT2D eigenvalue weighted by Crippen LogP contribution is -2.20. The van der Waals surface area contributed by atoms with E-state index in [4.69, 9.17) is 4.74 Å². The molecule has 0 radical (unpaired) electrons. The van der Waals surface area contributed by atoms with Gasteiger partial charge in [0, 0.05) is 38.0 Å². The quantitative estimate of drug-likeness (QED) is 0.916. The van der Waals surface area contributed by atoms with Gasteiger partial charge in [0.05, 0.1) is 13.2 Å². The molecule has 20 heavy (non-hydrogen) atoms. The average Bonchev–Trinajstić information content (AvgIpc) is 2.82. The highest BCUT2D eigenvalue weighted by atomic mass is 19.4. The number of hydrogen-bond donors (Lipinski definition) is 1. The summed E-state index contributed by atoms with van der Waals surface area (Å²) in [7, 11) is 3.29. The van der Waals surface area contributed by atoms with E-state index in [0.717, 1.165) is 6.07 Å². The zero-order valence-corrected chi connectivity index (χ0v) is 11.1. The van der Waals surface area contributed by atoms with Crippen LogP contribution in [0.15, 0.2) is 6.07 Å². The number of halogens is 3. The molecule has 0 amide bonds. The van der Waals surface area contributed by atoms with Gasteiger partial charge in [0.25, 0.3) is 0 Å². The monoisotopic (exact) mass is 288 g/mol. The van der Waals surface area contributed by atoms with Crippen molar-refractivity contribution in [1.29, 1.82) is 0 Å². The normalized spacial score (nSPS) is 28.1. The summed E-state index contributed by atoms with van der Waals surface area (Å²) in [5, 5.41) is 3.00. The number of ether oxygens (including phenoxy) is 1. The minimum Gasteiger partial charge on any atom is -0.381 e. The number of hydrogen-bond acceptors (Lipinski definition) is 5. The molecule has 1 aliphatic heterocycles. The molecule has 0 bridgehead atoms. The summed E-state index contributed by atoms with van der Waals surface area (Å²) >= 11 is 0. The fraction of sp³-hybridized carbons (Fsp3) is 0.667. The standard InChI is InChI=1S/C12H15F3N4O/c1-19(2)9-3-8(12(13,14)15)16-11(17-9)18-10-6-4-20-5-7(6)10/h3,6-7,10H,4-5H2,1-2H3,(H,16,17,18)/t6-,7+,10?. The zero-order chi connectivity index (χ0) is 14.5. The first-order chi connectivity index (χ1) is 9.36. The Bertz CT molecular complexity index is 510. The Morgan fingerprint density at radius 1 is 1.25 bits per heavy atom. The highest BCUT2D eigenvalue weighted by molar-refractivity contribution is 5.45. The first-order valence-electron chi connectivity index (χ1n) is 6.34. The van der Waals surface area contributed by atoms with Crippen LogP contribution in [-0.4, -0.2) is 43.3 Å². The van der Waals surface area contributed by atoms with Crippen LogP contribution in [-0.2, 0) is 10.9 Å². The van der Waals surface area contributed by atoms with Crippen molar-refractivity contribution in [3.05, 3.63) is 11.8 Å². The molecule has 1 aromatic rings. The fourth-order valence-corrected chi connectivity index (χ4v) is 2.48. The van der Waals surface area contributed by atoms with E-state index >= 15 is 0 Å². The third kappa shape index (κ3) is 2.39. The number of aromatic nitrogens is 2. The summed E-state index contributed by atoms with van der Waals surface area (Å²) in [6, 6.07) is 1.07. The first-order valence-corrected chi connectivity index (χ1v) is 6.34. The van der Waals surface area contributed by atoms with E-state index in [1.165, 1.54) is 4.90 Å². The van der Waals surface area contributed by atoms with Crippen LogP contribution in [0.5, 0.6) is 0 Å². The van der Waals surface area contributed by atoms with Gasteiger partial charge >= 0.3 is 6.18 Å². The van der Waals surface area contributed by atoms with Gasteiger partial charge in [-0.05, 0) is 0 Å². The molecule has 2 heterocycles. The van der Waals surface area contributed by atoms with Crippen LogP contribution in [0, 0.1) is 11.8 Å². The Morgan fingerprint density at radius 3 is 2.45 bits per heavy atom. The van der Waals surface area contributed by atoms with E-state index in [1.807, 2.05) is 0 Å². The molecule has 1 N–H and O–H groups in total. The van der Waals surface area contributed by atoms with Gasteiger partial charge in [0.1, 0.15) is 5.82 Å². The van der Waals surface area contributed by atoms with E-state index in [0.29, 0.717) is 25.0 Å². The first kappa shape index (κ1) is 13.4. The number of nitrogens with one attached hydrogen (secondary N) is 1. The van der Waals surface area contributed by atoms with Crippen LogP contribution < -0.4 is 10.2 Å². The second kappa shape index (κ2) is 4.47. The number of rotatable bonds is 3. The van der Waals surface area contributed by atoms with Crippen LogP contribution in [0.2, 0.25) is 0 Å². The van der Waals surface area contributed by atoms with E-state index < -0.39 is 11.9 Å². The molecular weight excluding hydrogens is 273 g/mol. The Labute approximate surface area is 114 Å². The molecule has 5 nitrogen and oxygen atoms in total. The molecule has 0 aromatic carbocycles. The largest absolute Gasteiger partial charge is 0.433 e. The lowest BCUT2D eigenvalue weighted by molar-refractivity contribution is -0.141. The lowest BCUT2D eigenvalue weighted by atomic mass is 10.3. The van der Waals surface area contributed by atoms with E-state index in [2.05, 4.69) is 15.3 Å². The fourth-order valence-electron chi connectivity index (χ4n) is 2.48. The third-order valence-electron chi connectivity index (χ3n) is 3.71. The summed E-state index contributed by atoms with van der Waals surface area (Å²) < 4.78 is 43.8. The van der Waals surface area contributed by atoms with E-state index in [-0.39, 0.29) is 17.8 Å². The van der Waals surface area contributed by atoms with Crippen LogP contribution in [0.4, 0.5) is 24.9 Å². The molecule has 1 aliphatic carbocycles. The maximum Gasteiger partial charge on any atom is 0.433 e. The number of alkyl halides is 3. The van der Waals surface area contributed by atoms with Gasteiger partial charge in [-0.2, -0.15) is 18.2 Å². The van der Waals surface area contributed by atoms with Gasteiger partial charge in [-0.25, -0.2) is 4.98 Å². The topological polar surface area (TPSA) is 50.3 Å². The maximum atomic E-state index is 12.8. The Kier molecular flexibility index (Phi) is 3.00. The predicted molar refractivity (Wildman–Crippen MR) is 66.6 cm³/mol. The van der Waals surface area contributed by atoms with Crippen molar-refractivity contribution in [2.75, 3.05) is 37.5 Å². The molecule has 110 valence electrons. The summed E-state index contributed by atoms with van der Waals surface area (Å²) in [5.74, 6) is 1.01. The van der Waals surface area contributed by atoms with Crippen molar-refractivity contribution in [2.24, 2.45) is 11.8 Å². The zero-order valence-electron chi connectivity index (χ0n) is 11.1. The van der Waals surface area contributed by atoms with Crippen LogP contribution in [0.3, 0.4) is 0 Å². The van der Waals surface area contributed by atoms with Crippen molar-refractivity contribution in [1.82, 2.24) is 9.97 Å². The molecule has 1 saturated heterocycles. The van der Waals surface area contributed by atoms with Crippen molar-refractivity contribution < 1.29 is 17.9 Å². The summed E-state index contributed by atoms with van der Waals surface area (Å²) in [4.78, 5) is 9.22. The second-order valence-corrected chi connectivity index (χ2v) is 5.36. The maximum absolute atomic E-state index is 12.8. The highest BCUT2D eigenvalue weighted by Crippen LogP contribution is 2.45. The predicted octanol–water partition coefficient (Wildman–Crippen LogP) is 1.62. The number of fused-ring (bicyclic) bond motifs is 1. The lowest BCUT2D eigenvalue weighted by Gasteiger charge is -2.16. The van der Waals surface area contributed by atoms with Gasteiger partial charge < -0.3 is 15.0 Å². The molecule has 1 unspecified atom stereocenters. The summed E-state index contributed by atoms with van der Waals surface area (Å²) in [6.45, 7) is 1.31. The van der Waals surface area contributed by atoms with E-state index in [9.17, 15) is 13.2 Å². The Balaban J connectivity index is 1.84. The van der Waals surface area contributed by atoms with Crippen LogP contribution in [0.1, 0.15) is 5.69 Å². The molecule has 3 atom stereocenters. The minimum absolute atomic E-state index is 0.0305. The molecule has 1 saturated carbocycles. The van der Waals surface area contributed by atoms with Gasteiger partial charge in [-0.3, -0.25) is 0 Å². The molecule has 2 fully saturated rings. The summed E-state index contributed by atoms with van der Waals surface area (Å²) in [5.41, 5.74) is -0.930. The average molecular weight is 288 g/mol. The van der Waals surface area contributed by atoms with Crippen molar-refractivity contribution in [3.8, 4) is 0 Å². The second-order valence-electron chi connectivity index (χ2n) is 5.36. The molecular formula is C12H15F3N4O. The molecule has 2 aliphatic rings. The van der Waals surface area contributed by atoms with Gasteiger partial charge in [-0.1, -0.05) is 0 Å². The molecule has 3 rings (SSSR count). The Hall–Kier alpha value is -1.57.